The smallest absolute Gasteiger partial charge is 0.416 e. The Morgan fingerprint density at radius 2 is 1.79 bits per heavy atom. The van der Waals surface area contributed by atoms with E-state index < -0.39 is 11.7 Å². The third-order valence-corrected chi connectivity index (χ3v) is 5.30. The molecule has 0 amide bonds. The van der Waals surface area contributed by atoms with Gasteiger partial charge in [-0.25, -0.2) is 0 Å². The van der Waals surface area contributed by atoms with Gasteiger partial charge in [0.25, 0.3) is 0 Å². The first-order valence-corrected chi connectivity index (χ1v) is 9.88. The molecule has 0 saturated carbocycles. The normalized spacial score (nSPS) is 22.3. The lowest BCUT2D eigenvalue weighted by Gasteiger charge is -2.36. The first-order valence-electron chi connectivity index (χ1n) is 9.88. The van der Waals surface area contributed by atoms with E-state index in [2.05, 4.69) is 4.90 Å². The molecule has 2 aliphatic rings. The molecule has 0 aromatic heterocycles. The monoisotopic (exact) mass is 407 g/mol. The van der Waals surface area contributed by atoms with Crippen molar-refractivity contribution in [1.29, 1.82) is 0 Å². The van der Waals surface area contributed by atoms with Gasteiger partial charge in [-0.2, -0.15) is 13.2 Å². The van der Waals surface area contributed by atoms with Gasteiger partial charge in [0, 0.05) is 19.0 Å². The number of benzene rings is 2. The Balaban J connectivity index is 1.26. The Bertz CT molecular complexity index is 810. The molecule has 2 heterocycles. The van der Waals surface area contributed by atoms with Crippen LogP contribution in [0.5, 0.6) is 17.2 Å². The van der Waals surface area contributed by atoms with Crippen molar-refractivity contribution in [2.45, 2.75) is 25.1 Å². The number of rotatable bonds is 5. The van der Waals surface area contributed by atoms with Gasteiger partial charge in [-0.15, -0.1) is 0 Å². The second kappa shape index (κ2) is 8.53. The van der Waals surface area contributed by atoms with E-state index in [9.17, 15) is 13.2 Å². The lowest BCUT2D eigenvalue weighted by atomic mass is 9.98. The fourth-order valence-electron chi connectivity index (χ4n) is 3.85. The minimum Gasteiger partial charge on any atom is -0.493 e. The van der Waals surface area contributed by atoms with E-state index in [1.165, 1.54) is 12.1 Å². The molecule has 0 N–H and O–H groups in total. The van der Waals surface area contributed by atoms with Crippen molar-refractivity contribution in [1.82, 2.24) is 4.90 Å². The predicted octanol–water partition coefficient (Wildman–Crippen LogP) is 4.64. The highest BCUT2D eigenvalue weighted by Gasteiger charge is 2.30. The van der Waals surface area contributed by atoms with Crippen molar-refractivity contribution in [2.24, 2.45) is 5.92 Å². The van der Waals surface area contributed by atoms with Crippen molar-refractivity contribution >= 4 is 0 Å². The number of likely N-dealkylation sites (tertiary alicyclic amines) is 1. The first-order chi connectivity index (χ1) is 14.0. The Hall–Kier alpha value is -2.41. The highest BCUT2D eigenvalue weighted by molar-refractivity contribution is 5.40. The van der Waals surface area contributed by atoms with Crippen molar-refractivity contribution in [3.05, 3.63) is 54.1 Å². The van der Waals surface area contributed by atoms with E-state index in [1.54, 1.807) is 0 Å². The Kier molecular flexibility index (Phi) is 5.85. The minimum absolute atomic E-state index is 0.0144. The van der Waals surface area contributed by atoms with E-state index >= 15 is 0 Å². The lowest BCUT2D eigenvalue weighted by Crippen LogP contribution is -2.45. The van der Waals surface area contributed by atoms with Crippen LogP contribution >= 0.6 is 0 Å². The maximum atomic E-state index is 12.6. The van der Waals surface area contributed by atoms with Crippen LogP contribution < -0.4 is 14.2 Å². The maximum absolute atomic E-state index is 12.6. The first kappa shape index (κ1) is 19.9. The molecule has 7 heteroatoms. The number of para-hydroxylation sites is 2. The summed E-state index contributed by atoms with van der Waals surface area (Å²) in [4.78, 5) is 2.35. The van der Waals surface area contributed by atoms with Crippen LogP contribution in [0.1, 0.15) is 18.4 Å². The van der Waals surface area contributed by atoms with Gasteiger partial charge in [0.1, 0.15) is 18.5 Å². The molecule has 4 nitrogen and oxygen atoms in total. The van der Waals surface area contributed by atoms with Crippen LogP contribution in [0.15, 0.2) is 48.5 Å². The number of fused-ring (bicyclic) bond motifs is 1. The summed E-state index contributed by atoms with van der Waals surface area (Å²) in [5.41, 5.74) is -0.662. The van der Waals surface area contributed by atoms with E-state index in [-0.39, 0.29) is 6.10 Å². The van der Waals surface area contributed by atoms with Crippen LogP contribution in [-0.2, 0) is 6.18 Å². The minimum atomic E-state index is -4.33. The Morgan fingerprint density at radius 3 is 2.55 bits per heavy atom. The summed E-state index contributed by atoms with van der Waals surface area (Å²) in [6, 6.07) is 12.6. The highest BCUT2D eigenvalue weighted by atomic mass is 19.4. The molecule has 2 aliphatic heterocycles. The van der Waals surface area contributed by atoms with Gasteiger partial charge < -0.3 is 14.2 Å². The maximum Gasteiger partial charge on any atom is 0.416 e. The summed E-state index contributed by atoms with van der Waals surface area (Å²) in [5.74, 6) is 2.37. The van der Waals surface area contributed by atoms with Gasteiger partial charge in [0.15, 0.2) is 11.5 Å². The molecule has 2 atom stereocenters. The van der Waals surface area contributed by atoms with E-state index in [4.69, 9.17) is 14.2 Å². The largest absolute Gasteiger partial charge is 0.493 e. The molecule has 29 heavy (non-hydrogen) atoms. The summed E-state index contributed by atoms with van der Waals surface area (Å²) in [6.07, 6.45) is -2.24. The molecule has 1 fully saturated rings. The number of ether oxygens (including phenoxy) is 3. The van der Waals surface area contributed by atoms with Crippen LogP contribution in [0.3, 0.4) is 0 Å². The molecule has 0 aliphatic carbocycles. The number of hydrogen-bond donors (Lipinski definition) is 0. The van der Waals surface area contributed by atoms with Crippen LogP contribution in [0, 0.1) is 5.92 Å². The third kappa shape index (κ3) is 5.15. The second-order valence-corrected chi connectivity index (χ2v) is 7.60. The predicted molar refractivity (Wildman–Crippen MR) is 102 cm³/mol. The molecule has 2 aromatic carbocycles. The van der Waals surface area contributed by atoms with Crippen molar-refractivity contribution in [3.63, 3.8) is 0 Å². The molecular weight excluding hydrogens is 383 g/mol. The molecule has 4 rings (SSSR count). The number of alkyl halides is 3. The van der Waals surface area contributed by atoms with Crippen LogP contribution in [0.2, 0.25) is 0 Å². The molecule has 2 aromatic rings. The summed E-state index contributed by atoms with van der Waals surface area (Å²) in [6.45, 7) is 3.68. The van der Waals surface area contributed by atoms with E-state index in [0.717, 1.165) is 56.1 Å². The topological polar surface area (TPSA) is 30.9 Å². The molecule has 0 bridgehead atoms. The lowest BCUT2D eigenvalue weighted by molar-refractivity contribution is -0.137. The third-order valence-electron chi connectivity index (χ3n) is 5.30. The SMILES string of the molecule is FC(F)(F)c1ccc(OCC2CCCN(CC3COc4ccccc4O3)C2)cc1. The van der Waals surface area contributed by atoms with Gasteiger partial charge >= 0.3 is 6.18 Å². The molecule has 0 spiro atoms. The number of hydrogen-bond acceptors (Lipinski definition) is 4. The van der Waals surface area contributed by atoms with Gasteiger partial charge in [0.2, 0.25) is 0 Å². The second-order valence-electron chi connectivity index (χ2n) is 7.60. The average Bonchev–Trinajstić information content (AvgIpc) is 2.72. The summed E-state index contributed by atoms with van der Waals surface area (Å²) >= 11 is 0. The van der Waals surface area contributed by atoms with Crippen LogP contribution in [0.4, 0.5) is 13.2 Å². The number of nitrogens with zero attached hydrogens (tertiary/aromatic N) is 1. The van der Waals surface area contributed by atoms with Gasteiger partial charge in [-0.05, 0) is 55.8 Å². The molecule has 0 radical (unpaired) electrons. The zero-order valence-electron chi connectivity index (χ0n) is 16.0. The molecule has 156 valence electrons. The zero-order valence-corrected chi connectivity index (χ0v) is 16.0. The average molecular weight is 407 g/mol. The Labute approximate surface area is 168 Å². The molecule has 2 unspecified atom stereocenters. The van der Waals surface area contributed by atoms with Gasteiger partial charge in [0.05, 0.1) is 12.2 Å². The standard InChI is InChI=1S/C22H24F3NO3/c23-22(24,25)17-7-9-18(10-8-17)27-14-16-4-3-11-26(12-16)13-19-15-28-20-5-1-2-6-21(20)29-19/h1-2,5-10,16,19H,3-4,11-15H2. The summed E-state index contributed by atoms with van der Waals surface area (Å²) in [7, 11) is 0. The van der Waals surface area contributed by atoms with Crippen molar-refractivity contribution in [3.8, 4) is 17.2 Å². The van der Waals surface area contributed by atoms with Crippen molar-refractivity contribution < 1.29 is 27.4 Å². The van der Waals surface area contributed by atoms with Crippen LogP contribution in [-0.4, -0.2) is 43.9 Å². The van der Waals surface area contributed by atoms with E-state index in [1.807, 2.05) is 24.3 Å². The number of halogens is 3. The summed E-state index contributed by atoms with van der Waals surface area (Å²) in [5, 5.41) is 0. The molecular formula is C22H24F3NO3. The summed E-state index contributed by atoms with van der Waals surface area (Å²) < 4.78 is 55.5. The fraction of sp³-hybridized carbons (Fsp3) is 0.455. The fourth-order valence-corrected chi connectivity index (χ4v) is 3.85. The number of piperidine rings is 1. The van der Waals surface area contributed by atoms with Crippen LogP contribution in [0.25, 0.3) is 0 Å². The van der Waals surface area contributed by atoms with Crippen molar-refractivity contribution in [2.75, 3.05) is 32.8 Å². The Morgan fingerprint density at radius 1 is 1.03 bits per heavy atom. The zero-order chi connectivity index (χ0) is 20.3. The van der Waals surface area contributed by atoms with E-state index in [0.29, 0.717) is 24.9 Å². The van der Waals surface area contributed by atoms with Gasteiger partial charge in [-0.3, -0.25) is 4.90 Å². The highest BCUT2D eigenvalue weighted by Crippen LogP contribution is 2.32. The van der Waals surface area contributed by atoms with Gasteiger partial charge in [-0.1, -0.05) is 12.1 Å². The quantitative estimate of drug-likeness (QED) is 0.723. The molecule has 1 saturated heterocycles.